The number of anilines is 1. The molecule has 3 rings (SSSR count). The molecule has 7 heteroatoms. The number of rotatable bonds is 5. The number of carbonyl (C=O) groups excluding carboxylic acids is 1. The standard InChI is InChI=1S/C18H14N2O4S/c21-17(22)14-16(25-15(19-14)13-9-5-2-6-10-13)20-18(23)24-11-12-7-3-1-4-8-12/h1-10H,11H2,(H,20,23)(H,21,22). The average Bonchev–Trinajstić information content (AvgIpc) is 3.06. The molecule has 6 nitrogen and oxygen atoms in total. The van der Waals surface area contributed by atoms with Gasteiger partial charge in [0, 0.05) is 5.56 Å². The minimum absolute atomic E-state index is 0.0967. The third-order valence-electron chi connectivity index (χ3n) is 3.28. The van der Waals surface area contributed by atoms with E-state index in [1.54, 1.807) is 0 Å². The summed E-state index contributed by atoms with van der Waals surface area (Å²) >= 11 is 1.09. The highest BCUT2D eigenvalue weighted by atomic mass is 32.1. The summed E-state index contributed by atoms with van der Waals surface area (Å²) in [6.45, 7) is 0.0967. The molecular formula is C18H14N2O4S. The molecule has 1 amide bonds. The Balaban J connectivity index is 1.73. The van der Waals surface area contributed by atoms with Crippen molar-refractivity contribution in [2.75, 3.05) is 5.32 Å². The van der Waals surface area contributed by atoms with Crippen molar-refractivity contribution in [3.63, 3.8) is 0 Å². The van der Waals surface area contributed by atoms with Gasteiger partial charge in [0.15, 0.2) is 5.69 Å². The topological polar surface area (TPSA) is 88.5 Å². The van der Waals surface area contributed by atoms with Gasteiger partial charge in [0.25, 0.3) is 0 Å². The molecular weight excluding hydrogens is 340 g/mol. The van der Waals surface area contributed by atoms with Crippen LogP contribution in [0.5, 0.6) is 0 Å². The molecule has 25 heavy (non-hydrogen) atoms. The molecule has 0 aliphatic rings. The van der Waals surface area contributed by atoms with Gasteiger partial charge in [-0.3, -0.25) is 5.32 Å². The lowest BCUT2D eigenvalue weighted by Gasteiger charge is -2.05. The Labute approximate surface area is 147 Å². The van der Waals surface area contributed by atoms with E-state index in [2.05, 4.69) is 10.3 Å². The van der Waals surface area contributed by atoms with Gasteiger partial charge in [0.1, 0.15) is 16.6 Å². The molecule has 0 radical (unpaired) electrons. The number of aromatic carboxylic acids is 1. The molecule has 0 saturated heterocycles. The Hall–Kier alpha value is -3.19. The number of carbonyl (C=O) groups is 2. The molecule has 0 fully saturated rings. The van der Waals surface area contributed by atoms with Crippen LogP contribution in [0, 0.1) is 0 Å². The maximum Gasteiger partial charge on any atom is 0.412 e. The number of nitrogens with zero attached hydrogens (tertiary/aromatic N) is 1. The lowest BCUT2D eigenvalue weighted by atomic mass is 10.2. The Morgan fingerprint density at radius 1 is 1.04 bits per heavy atom. The Morgan fingerprint density at radius 2 is 1.68 bits per heavy atom. The summed E-state index contributed by atoms with van der Waals surface area (Å²) < 4.78 is 5.12. The van der Waals surface area contributed by atoms with Crippen LogP contribution in [0.15, 0.2) is 60.7 Å². The minimum atomic E-state index is -1.21. The van der Waals surface area contributed by atoms with E-state index in [1.165, 1.54) is 0 Å². The molecule has 0 unspecified atom stereocenters. The number of carboxylic acid groups (broad SMARTS) is 1. The van der Waals surface area contributed by atoms with Gasteiger partial charge in [-0.25, -0.2) is 14.6 Å². The van der Waals surface area contributed by atoms with E-state index in [9.17, 15) is 14.7 Å². The predicted octanol–water partition coefficient (Wildman–Crippen LogP) is 4.26. The lowest BCUT2D eigenvalue weighted by molar-refractivity contribution is 0.0692. The van der Waals surface area contributed by atoms with Crippen LogP contribution in [0.4, 0.5) is 9.80 Å². The second-order valence-electron chi connectivity index (χ2n) is 5.05. The average molecular weight is 354 g/mol. The highest BCUT2D eigenvalue weighted by Gasteiger charge is 2.20. The molecule has 0 saturated carbocycles. The molecule has 0 aliphatic carbocycles. The van der Waals surface area contributed by atoms with Crippen molar-refractivity contribution in [1.82, 2.24) is 4.98 Å². The number of aromatic nitrogens is 1. The zero-order chi connectivity index (χ0) is 17.6. The number of thiazole rings is 1. The van der Waals surface area contributed by atoms with E-state index in [0.29, 0.717) is 5.01 Å². The molecule has 126 valence electrons. The van der Waals surface area contributed by atoms with Gasteiger partial charge >= 0.3 is 12.1 Å². The third kappa shape index (κ3) is 4.21. The SMILES string of the molecule is O=C(Nc1sc(-c2ccccc2)nc1C(=O)O)OCc1ccccc1. The number of ether oxygens (including phenoxy) is 1. The molecule has 3 aromatic rings. The maximum atomic E-state index is 12.0. The van der Waals surface area contributed by atoms with Crippen LogP contribution in [-0.4, -0.2) is 22.2 Å². The maximum absolute atomic E-state index is 12.0. The summed E-state index contributed by atoms with van der Waals surface area (Å²) in [6.07, 6.45) is -0.727. The van der Waals surface area contributed by atoms with Crippen molar-refractivity contribution in [3.8, 4) is 10.6 Å². The third-order valence-corrected chi connectivity index (χ3v) is 4.30. The van der Waals surface area contributed by atoms with Gasteiger partial charge in [-0.1, -0.05) is 72.0 Å². The van der Waals surface area contributed by atoms with Gasteiger partial charge in [0.2, 0.25) is 0 Å². The van der Waals surface area contributed by atoms with Crippen LogP contribution in [0.25, 0.3) is 10.6 Å². The summed E-state index contributed by atoms with van der Waals surface area (Å²) in [7, 11) is 0. The summed E-state index contributed by atoms with van der Waals surface area (Å²) in [6, 6.07) is 18.4. The van der Waals surface area contributed by atoms with Gasteiger partial charge in [-0.15, -0.1) is 0 Å². The van der Waals surface area contributed by atoms with Crippen LogP contribution in [0.1, 0.15) is 16.1 Å². The second-order valence-corrected chi connectivity index (χ2v) is 6.05. The Morgan fingerprint density at radius 3 is 2.32 bits per heavy atom. The molecule has 2 N–H and O–H groups in total. The second kappa shape index (κ2) is 7.59. The molecule has 2 aromatic carbocycles. The monoisotopic (exact) mass is 354 g/mol. The number of carboxylic acids is 1. The molecule has 0 atom stereocenters. The molecule has 0 bridgehead atoms. The van der Waals surface area contributed by atoms with Gasteiger partial charge in [-0.2, -0.15) is 0 Å². The van der Waals surface area contributed by atoms with Gasteiger partial charge < -0.3 is 9.84 Å². The zero-order valence-corrected chi connectivity index (χ0v) is 13.8. The smallest absolute Gasteiger partial charge is 0.412 e. The van der Waals surface area contributed by atoms with E-state index in [1.807, 2.05) is 60.7 Å². The largest absolute Gasteiger partial charge is 0.476 e. The van der Waals surface area contributed by atoms with E-state index >= 15 is 0 Å². The first-order valence-electron chi connectivity index (χ1n) is 7.41. The van der Waals surface area contributed by atoms with Crippen molar-refractivity contribution >= 4 is 28.4 Å². The van der Waals surface area contributed by atoms with Crippen molar-refractivity contribution < 1.29 is 19.4 Å². The summed E-state index contributed by atoms with van der Waals surface area (Å²) in [5.41, 5.74) is 1.41. The Bertz CT molecular complexity index is 879. The zero-order valence-electron chi connectivity index (χ0n) is 13.0. The van der Waals surface area contributed by atoms with Crippen molar-refractivity contribution in [3.05, 3.63) is 71.9 Å². The van der Waals surface area contributed by atoms with Gasteiger partial charge in [-0.05, 0) is 5.56 Å². The van der Waals surface area contributed by atoms with Crippen LogP contribution >= 0.6 is 11.3 Å². The van der Waals surface area contributed by atoms with E-state index in [0.717, 1.165) is 22.5 Å². The summed E-state index contributed by atoms with van der Waals surface area (Å²) in [4.78, 5) is 27.4. The highest BCUT2D eigenvalue weighted by Crippen LogP contribution is 2.32. The fourth-order valence-electron chi connectivity index (χ4n) is 2.11. The number of benzene rings is 2. The van der Waals surface area contributed by atoms with Crippen molar-refractivity contribution in [2.45, 2.75) is 6.61 Å². The first-order chi connectivity index (χ1) is 12.1. The predicted molar refractivity (Wildman–Crippen MR) is 94.8 cm³/mol. The summed E-state index contributed by atoms with van der Waals surface area (Å²) in [5, 5.41) is 12.4. The fourth-order valence-corrected chi connectivity index (χ4v) is 3.05. The number of hydrogen-bond acceptors (Lipinski definition) is 5. The van der Waals surface area contributed by atoms with Crippen molar-refractivity contribution in [2.24, 2.45) is 0 Å². The van der Waals surface area contributed by atoms with E-state index < -0.39 is 12.1 Å². The fraction of sp³-hybridized carbons (Fsp3) is 0.0556. The number of nitrogens with one attached hydrogen (secondary N) is 1. The molecule has 0 spiro atoms. The van der Waals surface area contributed by atoms with Crippen LogP contribution < -0.4 is 5.32 Å². The Kier molecular flexibility index (Phi) is 5.06. The molecule has 0 aliphatic heterocycles. The molecule has 1 aromatic heterocycles. The van der Waals surface area contributed by atoms with Crippen LogP contribution in [0.2, 0.25) is 0 Å². The number of hydrogen-bond donors (Lipinski definition) is 2. The van der Waals surface area contributed by atoms with Crippen molar-refractivity contribution in [1.29, 1.82) is 0 Å². The first kappa shape index (κ1) is 16.7. The van der Waals surface area contributed by atoms with Crippen LogP contribution in [0.3, 0.4) is 0 Å². The van der Waals surface area contributed by atoms with E-state index in [4.69, 9.17) is 4.74 Å². The first-order valence-corrected chi connectivity index (χ1v) is 8.22. The molecule has 1 heterocycles. The lowest BCUT2D eigenvalue weighted by Crippen LogP contribution is -2.14. The number of amides is 1. The van der Waals surface area contributed by atoms with E-state index in [-0.39, 0.29) is 17.3 Å². The van der Waals surface area contributed by atoms with Crippen LogP contribution in [-0.2, 0) is 11.3 Å². The quantitative estimate of drug-likeness (QED) is 0.715. The minimum Gasteiger partial charge on any atom is -0.476 e. The summed E-state index contributed by atoms with van der Waals surface area (Å²) in [5.74, 6) is -1.21. The normalized spacial score (nSPS) is 10.2. The van der Waals surface area contributed by atoms with Gasteiger partial charge in [0.05, 0.1) is 0 Å². The highest BCUT2D eigenvalue weighted by molar-refractivity contribution is 7.19.